The van der Waals surface area contributed by atoms with Crippen LogP contribution in [0.2, 0.25) is 0 Å². The third kappa shape index (κ3) is 2.54. The molecular weight excluding hydrogens is 219 g/mol. The molecule has 2 rings (SSSR count). The number of hydrogen-bond acceptors (Lipinski definition) is 1. The van der Waals surface area contributed by atoms with Gasteiger partial charge in [0.15, 0.2) is 0 Å². The SMILES string of the molecule is CC1=CC[C@H](C(=O)O)[C@@H](c2ccc(F)cc2)C1. The average Bonchev–Trinajstić information content (AvgIpc) is 2.29. The molecule has 0 fully saturated rings. The average molecular weight is 234 g/mol. The second kappa shape index (κ2) is 4.70. The Balaban J connectivity index is 2.31. The zero-order valence-corrected chi connectivity index (χ0v) is 9.69. The first-order chi connectivity index (χ1) is 8.08. The monoisotopic (exact) mass is 234 g/mol. The molecule has 3 heteroatoms. The van der Waals surface area contributed by atoms with Gasteiger partial charge in [-0.05, 0) is 37.5 Å². The molecule has 0 unspecified atom stereocenters. The van der Waals surface area contributed by atoms with Crippen molar-refractivity contribution >= 4 is 5.97 Å². The fourth-order valence-corrected chi connectivity index (χ4v) is 2.40. The van der Waals surface area contributed by atoms with E-state index in [1.165, 1.54) is 17.7 Å². The van der Waals surface area contributed by atoms with Gasteiger partial charge in [-0.3, -0.25) is 4.79 Å². The lowest BCUT2D eigenvalue weighted by Crippen LogP contribution is -2.24. The van der Waals surface area contributed by atoms with Crippen molar-refractivity contribution in [3.8, 4) is 0 Å². The Morgan fingerprint density at radius 2 is 2.00 bits per heavy atom. The molecule has 2 atom stereocenters. The maximum Gasteiger partial charge on any atom is 0.307 e. The van der Waals surface area contributed by atoms with Crippen LogP contribution in [0.3, 0.4) is 0 Å². The number of carboxylic acid groups (broad SMARTS) is 1. The normalized spacial score (nSPS) is 24.2. The minimum atomic E-state index is -0.775. The quantitative estimate of drug-likeness (QED) is 0.797. The molecule has 90 valence electrons. The molecule has 17 heavy (non-hydrogen) atoms. The van der Waals surface area contributed by atoms with Gasteiger partial charge in [-0.2, -0.15) is 0 Å². The second-order valence-corrected chi connectivity index (χ2v) is 4.59. The molecule has 1 aromatic rings. The summed E-state index contributed by atoms with van der Waals surface area (Å²) in [6.07, 6.45) is 3.28. The van der Waals surface area contributed by atoms with Crippen LogP contribution < -0.4 is 0 Å². The van der Waals surface area contributed by atoms with Crippen LogP contribution in [0.25, 0.3) is 0 Å². The van der Waals surface area contributed by atoms with Crippen molar-refractivity contribution in [3.63, 3.8) is 0 Å². The minimum Gasteiger partial charge on any atom is -0.481 e. The Labute approximate surface area is 99.8 Å². The summed E-state index contributed by atoms with van der Waals surface area (Å²) in [5, 5.41) is 9.21. The predicted octanol–water partition coefficient (Wildman–Crippen LogP) is 3.35. The third-order valence-electron chi connectivity index (χ3n) is 3.36. The molecule has 0 amide bonds. The molecule has 2 nitrogen and oxygen atoms in total. The van der Waals surface area contributed by atoms with E-state index in [2.05, 4.69) is 0 Å². The molecule has 1 aliphatic rings. The summed E-state index contributed by atoms with van der Waals surface area (Å²) in [4.78, 5) is 11.2. The zero-order valence-electron chi connectivity index (χ0n) is 9.69. The van der Waals surface area contributed by atoms with E-state index in [1.807, 2.05) is 13.0 Å². The van der Waals surface area contributed by atoms with Crippen LogP contribution in [0.1, 0.15) is 31.2 Å². The number of aliphatic carboxylic acids is 1. The van der Waals surface area contributed by atoms with Crippen molar-refractivity contribution in [1.29, 1.82) is 0 Å². The molecule has 0 saturated carbocycles. The number of allylic oxidation sites excluding steroid dienone is 2. The molecule has 1 aromatic carbocycles. The summed E-state index contributed by atoms with van der Waals surface area (Å²) in [6.45, 7) is 2.01. The number of rotatable bonds is 2. The van der Waals surface area contributed by atoms with Crippen molar-refractivity contribution in [2.24, 2.45) is 5.92 Å². The number of carbonyl (C=O) groups is 1. The van der Waals surface area contributed by atoms with E-state index in [-0.39, 0.29) is 11.7 Å². The Hall–Kier alpha value is -1.64. The molecule has 0 bridgehead atoms. The van der Waals surface area contributed by atoms with E-state index in [4.69, 9.17) is 0 Å². The van der Waals surface area contributed by atoms with Crippen LogP contribution in [0.4, 0.5) is 4.39 Å². The Morgan fingerprint density at radius 3 is 2.59 bits per heavy atom. The molecule has 0 saturated heterocycles. The molecule has 1 aliphatic carbocycles. The van der Waals surface area contributed by atoms with Gasteiger partial charge in [-0.25, -0.2) is 4.39 Å². The van der Waals surface area contributed by atoms with Crippen molar-refractivity contribution in [2.75, 3.05) is 0 Å². The van der Waals surface area contributed by atoms with Gasteiger partial charge >= 0.3 is 5.97 Å². The number of halogens is 1. The molecule has 0 radical (unpaired) electrons. The molecule has 0 aromatic heterocycles. The summed E-state index contributed by atoms with van der Waals surface area (Å²) < 4.78 is 12.9. The van der Waals surface area contributed by atoms with Crippen molar-refractivity contribution < 1.29 is 14.3 Å². The molecule has 0 aliphatic heterocycles. The smallest absolute Gasteiger partial charge is 0.307 e. The minimum absolute atomic E-state index is 0.0434. The van der Waals surface area contributed by atoms with E-state index in [1.54, 1.807) is 12.1 Å². The highest BCUT2D eigenvalue weighted by Crippen LogP contribution is 2.37. The van der Waals surface area contributed by atoms with Gasteiger partial charge in [0.25, 0.3) is 0 Å². The number of carboxylic acids is 1. The molecule has 1 N–H and O–H groups in total. The predicted molar refractivity (Wildman–Crippen MR) is 63.3 cm³/mol. The maximum absolute atomic E-state index is 12.9. The third-order valence-corrected chi connectivity index (χ3v) is 3.36. The van der Waals surface area contributed by atoms with Gasteiger partial charge < -0.3 is 5.11 Å². The van der Waals surface area contributed by atoms with E-state index < -0.39 is 11.9 Å². The highest BCUT2D eigenvalue weighted by atomic mass is 19.1. The van der Waals surface area contributed by atoms with Crippen LogP contribution in [0.5, 0.6) is 0 Å². The van der Waals surface area contributed by atoms with Gasteiger partial charge in [0.1, 0.15) is 5.82 Å². The van der Waals surface area contributed by atoms with E-state index >= 15 is 0 Å². The van der Waals surface area contributed by atoms with Gasteiger partial charge in [0.2, 0.25) is 0 Å². The first-order valence-electron chi connectivity index (χ1n) is 5.72. The second-order valence-electron chi connectivity index (χ2n) is 4.59. The maximum atomic E-state index is 12.9. The molecule has 0 spiro atoms. The van der Waals surface area contributed by atoms with Crippen molar-refractivity contribution in [1.82, 2.24) is 0 Å². The Morgan fingerprint density at radius 1 is 1.35 bits per heavy atom. The van der Waals surface area contributed by atoms with Crippen LogP contribution in [0, 0.1) is 11.7 Å². The summed E-state index contributed by atoms with van der Waals surface area (Å²) in [7, 11) is 0. The first-order valence-corrected chi connectivity index (χ1v) is 5.72. The van der Waals surface area contributed by atoms with Crippen molar-refractivity contribution in [2.45, 2.75) is 25.7 Å². The topological polar surface area (TPSA) is 37.3 Å². The van der Waals surface area contributed by atoms with Gasteiger partial charge in [0, 0.05) is 5.92 Å². The summed E-state index contributed by atoms with van der Waals surface area (Å²) in [5.74, 6) is -1.51. The lowest BCUT2D eigenvalue weighted by molar-refractivity contribution is -0.142. The van der Waals surface area contributed by atoms with Crippen LogP contribution in [-0.2, 0) is 4.79 Å². The molecular formula is C14H15FO2. The van der Waals surface area contributed by atoms with Gasteiger partial charge in [-0.1, -0.05) is 23.8 Å². The summed E-state index contributed by atoms with van der Waals surface area (Å²) >= 11 is 0. The standard InChI is InChI=1S/C14H15FO2/c1-9-2-7-12(14(16)17)13(8-9)10-3-5-11(15)6-4-10/h2-6,12-13H,7-8H2,1H3,(H,16,17)/t12-,13+/m0/s1. The number of benzene rings is 1. The Kier molecular flexibility index (Phi) is 3.27. The largest absolute Gasteiger partial charge is 0.481 e. The van der Waals surface area contributed by atoms with Gasteiger partial charge in [0.05, 0.1) is 5.92 Å². The van der Waals surface area contributed by atoms with Crippen LogP contribution in [0.15, 0.2) is 35.9 Å². The van der Waals surface area contributed by atoms with Gasteiger partial charge in [-0.15, -0.1) is 0 Å². The zero-order chi connectivity index (χ0) is 12.4. The Bertz CT molecular complexity index is 448. The highest BCUT2D eigenvalue weighted by molar-refractivity contribution is 5.72. The lowest BCUT2D eigenvalue weighted by Gasteiger charge is -2.28. The first kappa shape index (κ1) is 11.8. The van der Waals surface area contributed by atoms with Crippen LogP contribution in [-0.4, -0.2) is 11.1 Å². The highest BCUT2D eigenvalue weighted by Gasteiger charge is 2.31. The van der Waals surface area contributed by atoms with E-state index in [0.717, 1.165) is 12.0 Å². The lowest BCUT2D eigenvalue weighted by atomic mass is 9.76. The number of hydrogen-bond donors (Lipinski definition) is 1. The van der Waals surface area contributed by atoms with E-state index in [9.17, 15) is 14.3 Å². The summed E-state index contributed by atoms with van der Waals surface area (Å²) in [5.41, 5.74) is 2.11. The fourth-order valence-electron chi connectivity index (χ4n) is 2.40. The molecule has 0 heterocycles. The van der Waals surface area contributed by atoms with Crippen molar-refractivity contribution in [3.05, 3.63) is 47.3 Å². The van der Waals surface area contributed by atoms with E-state index in [0.29, 0.717) is 6.42 Å². The summed E-state index contributed by atoms with van der Waals surface area (Å²) in [6, 6.07) is 6.16. The van der Waals surface area contributed by atoms with Crippen LogP contribution >= 0.6 is 0 Å². The fraction of sp³-hybridized carbons (Fsp3) is 0.357.